The first-order valence-electron chi connectivity index (χ1n) is 9.08. The molecule has 0 radical (unpaired) electrons. The Kier molecular flexibility index (Phi) is 4.98. The summed E-state index contributed by atoms with van der Waals surface area (Å²) in [5.74, 6) is -0.196. The summed E-state index contributed by atoms with van der Waals surface area (Å²) >= 11 is 1.60. The molecule has 1 saturated heterocycles. The monoisotopic (exact) mass is 418 g/mol. The number of nitrogens with zero attached hydrogens (tertiary/aromatic N) is 3. The smallest absolute Gasteiger partial charge is 0.237 e. The van der Waals surface area contributed by atoms with Crippen LogP contribution in [0.5, 0.6) is 0 Å². The number of hydrogen-bond donors (Lipinski definition) is 1. The van der Waals surface area contributed by atoms with Crippen molar-refractivity contribution in [2.75, 3.05) is 25.9 Å². The molecule has 9 heteroatoms. The minimum atomic E-state index is -3.38. The highest BCUT2D eigenvalue weighted by molar-refractivity contribution is 7.88. The molecule has 3 aromatic rings. The zero-order valence-electron chi connectivity index (χ0n) is 15.5. The van der Waals surface area contributed by atoms with Crippen LogP contribution in [-0.2, 0) is 20.2 Å². The van der Waals surface area contributed by atoms with E-state index in [1.165, 1.54) is 5.56 Å². The van der Waals surface area contributed by atoms with E-state index in [0.717, 1.165) is 29.8 Å². The van der Waals surface area contributed by atoms with Gasteiger partial charge in [-0.3, -0.25) is 9.20 Å². The summed E-state index contributed by atoms with van der Waals surface area (Å²) in [4.78, 5) is 20.0. The van der Waals surface area contributed by atoms with E-state index in [9.17, 15) is 13.2 Å². The minimum Gasteiger partial charge on any atom is -0.341 e. The minimum absolute atomic E-state index is 0.196. The summed E-state index contributed by atoms with van der Waals surface area (Å²) < 4.78 is 26.8. The van der Waals surface area contributed by atoms with Crippen LogP contribution in [0.25, 0.3) is 4.96 Å². The van der Waals surface area contributed by atoms with E-state index in [-0.39, 0.29) is 17.9 Å². The maximum atomic E-state index is 12.4. The van der Waals surface area contributed by atoms with Crippen molar-refractivity contribution < 1.29 is 13.2 Å². The van der Waals surface area contributed by atoms with E-state index in [0.29, 0.717) is 13.1 Å². The maximum absolute atomic E-state index is 12.4. The molecule has 0 aliphatic carbocycles. The lowest BCUT2D eigenvalue weighted by Crippen LogP contribution is -2.48. The van der Waals surface area contributed by atoms with Gasteiger partial charge in [-0.05, 0) is 18.4 Å². The number of nitrogens with one attached hydrogen (secondary N) is 1. The number of aromatic nitrogens is 2. The summed E-state index contributed by atoms with van der Waals surface area (Å²) in [6, 6.07) is 10.3. The second-order valence-electron chi connectivity index (χ2n) is 7.14. The van der Waals surface area contributed by atoms with E-state index in [2.05, 4.69) is 23.1 Å². The number of benzene rings is 1. The Balaban J connectivity index is 1.59. The largest absolute Gasteiger partial charge is 0.341 e. The Bertz CT molecular complexity index is 1050. The van der Waals surface area contributed by atoms with Crippen LogP contribution in [-0.4, -0.2) is 54.5 Å². The topological polar surface area (TPSA) is 83.8 Å². The Morgan fingerprint density at radius 1 is 1.25 bits per heavy atom. The number of likely N-dealkylation sites (tertiary alicyclic amines) is 1. The van der Waals surface area contributed by atoms with Gasteiger partial charge in [0.15, 0.2) is 4.96 Å². The number of carbonyl (C=O) groups excluding carboxylic acids is 1. The van der Waals surface area contributed by atoms with Crippen molar-refractivity contribution in [1.29, 1.82) is 0 Å². The van der Waals surface area contributed by atoms with Gasteiger partial charge >= 0.3 is 0 Å². The summed E-state index contributed by atoms with van der Waals surface area (Å²) in [6.07, 6.45) is 6.63. The fourth-order valence-corrected chi connectivity index (χ4v) is 4.94. The Hall–Kier alpha value is -2.23. The van der Waals surface area contributed by atoms with Crippen LogP contribution in [0.1, 0.15) is 24.1 Å². The van der Waals surface area contributed by atoms with Crippen LogP contribution < -0.4 is 4.72 Å². The van der Waals surface area contributed by atoms with E-state index in [1.54, 1.807) is 16.2 Å². The van der Waals surface area contributed by atoms with Gasteiger partial charge in [0.25, 0.3) is 0 Å². The molecule has 1 aliphatic rings. The third kappa shape index (κ3) is 3.69. The van der Waals surface area contributed by atoms with Crippen molar-refractivity contribution in [3.8, 4) is 0 Å². The maximum Gasteiger partial charge on any atom is 0.237 e. The molecular formula is C19H22N4O3S2. The van der Waals surface area contributed by atoms with Gasteiger partial charge in [0, 0.05) is 36.3 Å². The van der Waals surface area contributed by atoms with Gasteiger partial charge in [0.05, 0.1) is 18.5 Å². The average molecular weight is 419 g/mol. The number of carbonyl (C=O) groups is 1. The van der Waals surface area contributed by atoms with Crippen LogP contribution in [0.4, 0.5) is 0 Å². The molecule has 0 unspecified atom stereocenters. The molecule has 0 saturated carbocycles. The van der Waals surface area contributed by atoms with E-state index >= 15 is 0 Å². The first kappa shape index (κ1) is 19.1. The van der Waals surface area contributed by atoms with Crippen LogP contribution >= 0.6 is 11.3 Å². The fraction of sp³-hybridized carbons (Fsp3) is 0.368. The highest BCUT2D eigenvalue weighted by atomic mass is 32.2. The van der Waals surface area contributed by atoms with Gasteiger partial charge in [-0.15, -0.1) is 11.3 Å². The molecular weight excluding hydrogens is 396 g/mol. The third-order valence-corrected chi connectivity index (χ3v) is 6.80. The number of fused-ring (bicyclic) bond motifs is 1. The molecule has 3 heterocycles. The first-order valence-corrected chi connectivity index (χ1v) is 11.9. The van der Waals surface area contributed by atoms with Crippen LogP contribution in [0.3, 0.4) is 0 Å². The highest BCUT2D eigenvalue weighted by Gasteiger charge is 2.41. The zero-order valence-corrected chi connectivity index (χ0v) is 17.2. The Labute approximate surface area is 168 Å². The van der Waals surface area contributed by atoms with Crippen molar-refractivity contribution >= 4 is 32.2 Å². The molecule has 148 valence electrons. The van der Waals surface area contributed by atoms with Gasteiger partial charge < -0.3 is 4.90 Å². The quantitative estimate of drug-likeness (QED) is 0.685. The van der Waals surface area contributed by atoms with E-state index in [4.69, 9.17) is 4.98 Å². The molecule has 0 spiro atoms. The highest BCUT2D eigenvalue weighted by Crippen LogP contribution is 2.41. The normalized spacial score (nSPS) is 17.1. The standard InChI is InChI=1S/C19H22N4O3S2/c1-28(25,26)20-13-17(24)22-9-7-19(8-10-22,15-5-3-2-4-6-15)16-14-23-11-12-27-18(23)21-16/h2-6,11-12,14,20H,7-10,13H2,1H3. The second kappa shape index (κ2) is 7.31. The molecule has 1 aliphatic heterocycles. The van der Waals surface area contributed by atoms with Crippen LogP contribution in [0.2, 0.25) is 0 Å². The van der Waals surface area contributed by atoms with Crippen molar-refractivity contribution in [2.45, 2.75) is 18.3 Å². The fourth-order valence-electron chi connectivity index (χ4n) is 3.85. The summed E-state index contributed by atoms with van der Waals surface area (Å²) in [7, 11) is -3.38. The Morgan fingerprint density at radius 2 is 1.96 bits per heavy atom. The summed E-state index contributed by atoms with van der Waals surface area (Å²) in [5, 5.41) is 2.01. The van der Waals surface area contributed by atoms with Crippen LogP contribution in [0, 0.1) is 0 Å². The third-order valence-electron chi connectivity index (χ3n) is 5.37. The zero-order chi connectivity index (χ0) is 19.8. The van der Waals surface area contributed by atoms with E-state index < -0.39 is 10.0 Å². The summed E-state index contributed by atoms with van der Waals surface area (Å²) in [6.45, 7) is 0.923. The first-order chi connectivity index (χ1) is 13.4. The van der Waals surface area contributed by atoms with Crippen molar-refractivity contribution in [3.63, 3.8) is 0 Å². The molecule has 0 atom stereocenters. The lowest BCUT2D eigenvalue weighted by Gasteiger charge is -2.41. The molecule has 28 heavy (non-hydrogen) atoms. The number of hydrogen-bond acceptors (Lipinski definition) is 5. The molecule has 1 fully saturated rings. The second-order valence-corrected chi connectivity index (χ2v) is 9.85. The van der Waals surface area contributed by atoms with Gasteiger partial charge in [-0.2, -0.15) is 0 Å². The number of amides is 1. The molecule has 7 nitrogen and oxygen atoms in total. The molecule has 0 bridgehead atoms. The van der Waals surface area contributed by atoms with E-state index in [1.807, 2.05) is 34.2 Å². The lowest BCUT2D eigenvalue weighted by molar-refractivity contribution is -0.131. The van der Waals surface area contributed by atoms with Crippen molar-refractivity contribution in [1.82, 2.24) is 19.0 Å². The lowest BCUT2D eigenvalue weighted by atomic mass is 9.70. The molecule has 1 N–H and O–H groups in total. The number of rotatable bonds is 5. The Morgan fingerprint density at radius 3 is 2.61 bits per heavy atom. The predicted octanol–water partition coefficient (Wildman–Crippen LogP) is 1.85. The van der Waals surface area contributed by atoms with Crippen molar-refractivity contribution in [2.24, 2.45) is 0 Å². The van der Waals surface area contributed by atoms with Gasteiger partial charge in [0.2, 0.25) is 15.9 Å². The van der Waals surface area contributed by atoms with Gasteiger partial charge in [-0.1, -0.05) is 30.3 Å². The van der Waals surface area contributed by atoms with Crippen molar-refractivity contribution in [3.05, 3.63) is 59.4 Å². The number of thiazole rings is 1. The predicted molar refractivity (Wildman–Crippen MR) is 109 cm³/mol. The average Bonchev–Trinajstić information content (AvgIpc) is 3.29. The SMILES string of the molecule is CS(=O)(=O)NCC(=O)N1CCC(c2ccccc2)(c2cn3ccsc3n2)CC1. The summed E-state index contributed by atoms with van der Waals surface area (Å²) in [5.41, 5.74) is 1.96. The van der Waals surface area contributed by atoms with Gasteiger partial charge in [-0.25, -0.2) is 18.1 Å². The molecule has 1 amide bonds. The number of imidazole rings is 1. The molecule has 2 aromatic heterocycles. The van der Waals surface area contributed by atoms with Gasteiger partial charge in [0.1, 0.15) is 0 Å². The van der Waals surface area contributed by atoms with Crippen LogP contribution in [0.15, 0.2) is 48.1 Å². The number of sulfonamides is 1. The molecule has 4 rings (SSSR count). The number of piperidine rings is 1. The molecule has 1 aromatic carbocycles.